The lowest BCUT2D eigenvalue weighted by molar-refractivity contribution is -0.157. The number of imidazole rings is 1. The number of rotatable bonds is 7. The number of amides is 4. The van der Waals surface area contributed by atoms with Crippen molar-refractivity contribution in [2.75, 3.05) is 44.6 Å². The van der Waals surface area contributed by atoms with Gasteiger partial charge in [0.1, 0.15) is 5.60 Å². The van der Waals surface area contributed by atoms with Gasteiger partial charge in [-0.3, -0.25) is 19.5 Å². The number of hydrogen-bond donors (Lipinski definition) is 5. The van der Waals surface area contributed by atoms with Crippen LogP contribution in [0.3, 0.4) is 0 Å². The van der Waals surface area contributed by atoms with Crippen LogP contribution in [-0.4, -0.2) is 114 Å². The van der Waals surface area contributed by atoms with E-state index in [9.17, 15) is 37.5 Å². The van der Waals surface area contributed by atoms with Crippen LogP contribution in [0.5, 0.6) is 0 Å². The van der Waals surface area contributed by atoms with Gasteiger partial charge in [0, 0.05) is 81.7 Å². The molecule has 2 saturated heterocycles. The highest BCUT2D eigenvalue weighted by Gasteiger charge is 2.44. The monoisotopic (exact) mass is 691 g/mol. The summed E-state index contributed by atoms with van der Waals surface area (Å²) in [6, 6.07) is 5.99. The second-order valence-electron chi connectivity index (χ2n) is 11.3. The average molecular weight is 692 g/mol. The number of carbonyl (C=O) groups is 4. The van der Waals surface area contributed by atoms with Crippen molar-refractivity contribution in [2.24, 2.45) is 0 Å². The van der Waals surface area contributed by atoms with Crippen LogP contribution in [0.15, 0.2) is 24.4 Å². The molecule has 0 unspecified atom stereocenters. The predicted molar refractivity (Wildman–Crippen MR) is 160 cm³/mol. The summed E-state index contributed by atoms with van der Waals surface area (Å²) in [5, 5.41) is 37.1. The molecular formula is C29H29ClF3N9O6. The van der Waals surface area contributed by atoms with Gasteiger partial charge in [0.2, 0.25) is 0 Å². The fourth-order valence-corrected chi connectivity index (χ4v) is 5.88. The Labute approximate surface area is 275 Å². The predicted octanol–water partition coefficient (Wildman–Crippen LogP) is 2.50. The third-order valence-corrected chi connectivity index (χ3v) is 8.57. The zero-order valence-corrected chi connectivity index (χ0v) is 25.9. The van der Waals surface area contributed by atoms with Gasteiger partial charge in [-0.2, -0.15) is 23.5 Å². The molecule has 4 heterocycles. The van der Waals surface area contributed by atoms with Gasteiger partial charge in [0.25, 0.3) is 17.7 Å². The van der Waals surface area contributed by atoms with Crippen molar-refractivity contribution in [3.8, 4) is 6.07 Å². The van der Waals surface area contributed by atoms with E-state index < -0.39 is 41.3 Å². The Balaban J connectivity index is 1.17. The van der Waals surface area contributed by atoms with E-state index in [0.29, 0.717) is 0 Å². The second-order valence-corrected chi connectivity index (χ2v) is 11.7. The van der Waals surface area contributed by atoms with Crippen LogP contribution in [-0.2, 0) is 23.8 Å². The van der Waals surface area contributed by atoms with E-state index in [1.165, 1.54) is 34.2 Å². The fraction of sp³-hybridized carbons (Fsp3) is 0.414. The molecule has 0 spiro atoms. The maximum absolute atomic E-state index is 13.4. The van der Waals surface area contributed by atoms with Crippen LogP contribution < -0.4 is 5.32 Å². The topological polar surface area (TPSA) is 212 Å². The summed E-state index contributed by atoms with van der Waals surface area (Å²) in [6.07, 6.45) is -5.35. The number of likely N-dealkylation sites (tertiary alicyclic amines) is 1. The molecule has 1 aromatic carbocycles. The van der Waals surface area contributed by atoms with Crippen molar-refractivity contribution < 1.29 is 42.6 Å². The van der Waals surface area contributed by atoms with Crippen LogP contribution in [0.2, 0.25) is 5.02 Å². The Kier molecular flexibility index (Phi) is 9.64. The number of benzene rings is 1. The van der Waals surface area contributed by atoms with Crippen LogP contribution >= 0.6 is 11.6 Å². The Hall–Kier alpha value is -5.15. The number of aliphatic hydroxyl groups is 1. The van der Waals surface area contributed by atoms with Crippen LogP contribution in [0.4, 0.5) is 23.7 Å². The molecule has 19 heteroatoms. The SMILES string of the molecule is N#CCc1[nH]nc(C(F)(F)F)c1Cc1cnc(C(=O)Nc2ccc(C(=O)N3CCN(C(=O)C4(O)CCN(C(=O)O)CC4)CC3)c(Cl)c2)[nH]1. The van der Waals surface area contributed by atoms with Gasteiger partial charge in [0.05, 0.1) is 28.8 Å². The average Bonchev–Trinajstić information content (AvgIpc) is 3.68. The molecule has 0 radical (unpaired) electrons. The first-order valence-electron chi connectivity index (χ1n) is 14.6. The number of H-pyrrole nitrogens is 2. The molecule has 0 atom stereocenters. The first-order valence-corrected chi connectivity index (χ1v) is 15.0. The largest absolute Gasteiger partial charge is 0.465 e. The molecular weight excluding hydrogens is 663 g/mol. The van der Waals surface area contributed by atoms with Crippen molar-refractivity contribution in [1.82, 2.24) is 34.9 Å². The minimum Gasteiger partial charge on any atom is -0.465 e. The van der Waals surface area contributed by atoms with E-state index in [2.05, 4.69) is 25.5 Å². The van der Waals surface area contributed by atoms with Crippen molar-refractivity contribution in [3.05, 3.63) is 63.5 Å². The molecule has 48 heavy (non-hydrogen) atoms. The summed E-state index contributed by atoms with van der Waals surface area (Å²) in [5.41, 5.74) is -2.55. The number of aromatic nitrogens is 4. The van der Waals surface area contributed by atoms with Crippen molar-refractivity contribution in [1.29, 1.82) is 5.26 Å². The maximum atomic E-state index is 13.4. The first kappa shape index (κ1) is 34.2. The number of anilines is 1. The molecule has 2 fully saturated rings. The van der Waals surface area contributed by atoms with E-state index >= 15 is 0 Å². The van der Waals surface area contributed by atoms with Crippen molar-refractivity contribution in [3.63, 3.8) is 0 Å². The number of alkyl halides is 3. The number of carbonyl (C=O) groups excluding carboxylic acids is 3. The lowest BCUT2D eigenvalue weighted by atomic mass is 9.89. The molecule has 2 aliphatic rings. The number of nitrogens with one attached hydrogen (secondary N) is 3. The zero-order valence-electron chi connectivity index (χ0n) is 25.1. The standard InChI is InChI=1S/C29H29ClF3N9O6/c30-20-14-16(37-24(43)23-35-15-17(36-23)13-19-21(3-6-34)38-39-22(19)29(31,32)33)1-2-18(20)25(44)40-9-11-41(12-10-40)26(45)28(48)4-7-42(8-5-28)27(46)47/h1-2,14-15,48H,3-5,7-13H2,(H,35,36)(H,37,43)(H,38,39)(H,46,47). The van der Waals surface area contributed by atoms with E-state index in [0.717, 1.165) is 4.90 Å². The lowest BCUT2D eigenvalue weighted by Crippen LogP contribution is -2.59. The quantitative estimate of drug-likeness (QED) is 0.246. The number of hydrogen-bond acceptors (Lipinski definition) is 8. The zero-order chi connectivity index (χ0) is 34.8. The molecule has 15 nitrogen and oxygen atoms in total. The second kappa shape index (κ2) is 13.5. The fourth-order valence-electron chi connectivity index (χ4n) is 5.62. The number of piperidine rings is 1. The van der Waals surface area contributed by atoms with Gasteiger partial charge < -0.3 is 35.2 Å². The third-order valence-electron chi connectivity index (χ3n) is 8.26. The molecule has 0 aliphatic carbocycles. The Bertz CT molecular complexity index is 1770. The Morgan fingerprint density at radius 1 is 1.06 bits per heavy atom. The number of nitriles is 1. The van der Waals surface area contributed by atoms with E-state index in [4.69, 9.17) is 22.0 Å². The molecule has 0 bridgehead atoms. The number of piperazine rings is 1. The summed E-state index contributed by atoms with van der Waals surface area (Å²) < 4.78 is 40.3. The summed E-state index contributed by atoms with van der Waals surface area (Å²) >= 11 is 6.39. The number of halogens is 4. The summed E-state index contributed by atoms with van der Waals surface area (Å²) in [5.74, 6) is -1.85. The van der Waals surface area contributed by atoms with Crippen LogP contribution in [0.1, 0.15) is 56.5 Å². The molecule has 3 aromatic rings. The molecule has 0 saturated carbocycles. The summed E-state index contributed by atoms with van der Waals surface area (Å²) in [6.45, 7) is 0.722. The smallest absolute Gasteiger partial charge is 0.435 e. The van der Waals surface area contributed by atoms with Gasteiger partial charge in [-0.15, -0.1) is 0 Å². The molecule has 4 amide bonds. The number of aromatic amines is 2. The van der Waals surface area contributed by atoms with Crippen molar-refractivity contribution in [2.45, 2.75) is 37.5 Å². The van der Waals surface area contributed by atoms with E-state index in [1.54, 1.807) is 6.07 Å². The molecule has 5 rings (SSSR count). The number of nitrogens with zero attached hydrogens (tertiary/aromatic N) is 6. The van der Waals surface area contributed by atoms with E-state index in [1.807, 2.05) is 0 Å². The first-order chi connectivity index (χ1) is 22.7. The molecule has 254 valence electrons. The minimum absolute atomic E-state index is 0.00108. The Morgan fingerprint density at radius 3 is 2.33 bits per heavy atom. The van der Waals surface area contributed by atoms with Gasteiger partial charge in [0.15, 0.2) is 11.5 Å². The molecule has 5 N–H and O–H groups in total. The van der Waals surface area contributed by atoms with E-state index in [-0.39, 0.29) is 104 Å². The number of carboxylic acid groups (broad SMARTS) is 1. The maximum Gasteiger partial charge on any atom is 0.435 e. The third kappa shape index (κ3) is 7.21. The van der Waals surface area contributed by atoms with Crippen LogP contribution in [0.25, 0.3) is 0 Å². The van der Waals surface area contributed by atoms with Crippen molar-refractivity contribution >= 4 is 41.1 Å². The highest BCUT2D eigenvalue weighted by Crippen LogP contribution is 2.33. The summed E-state index contributed by atoms with van der Waals surface area (Å²) in [4.78, 5) is 60.9. The minimum atomic E-state index is -4.76. The lowest BCUT2D eigenvalue weighted by Gasteiger charge is -2.41. The summed E-state index contributed by atoms with van der Waals surface area (Å²) in [7, 11) is 0. The van der Waals surface area contributed by atoms with Gasteiger partial charge >= 0.3 is 12.3 Å². The highest BCUT2D eigenvalue weighted by molar-refractivity contribution is 6.34. The van der Waals surface area contributed by atoms with Gasteiger partial charge in [-0.1, -0.05) is 11.6 Å². The Morgan fingerprint density at radius 2 is 1.73 bits per heavy atom. The van der Waals surface area contributed by atoms with Crippen LogP contribution in [0, 0.1) is 11.3 Å². The molecule has 2 aliphatic heterocycles. The van der Waals surface area contributed by atoms with Gasteiger partial charge in [-0.05, 0) is 18.2 Å². The van der Waals surface area contributed by atoms with Gasteiger partial charge in [-0.25, -0.2) is 9.78 Å². The normalized spacial score (nSPS) is 16.4. The highest BCUT2D eigenvalue weighted by atomic mass is 35.5. The molecule has 2 aromatic heterocycles.